The maximum Gasteiger partial charge on any atom is 0.161 e. The highest BCUT2D eigenvalue weighted by atomic mass is 16.5. The number of hydrogen-bond donors (Lipinski definition) is 3. The zero-order valence-corrected chi connectivity index (χ0v) is 17.0. The van der Waals surface area contributed by atoms with E-state index in [0.717, 1.165) is 11.1 Å². The van der Waals surface area contributed by atoms with Crippen LogP contribution in [-0.2, 0) is 4.74 Å². The van der Waals surface area contributed by atoms with Gasteiger partial charge in [-0.1, -0.05) is 30.4 Å². The van der Waals surface area contributed by atoms with E-state index in [0.29, 0.717) is 23.7 Å². The van der Waals surface area contributed by atoms with E-state index < -0.39 is 0 Å². The Balaban J connectivity index is 1.72. The van der Waals surface area contributed by atoms with Crippen molar-refractivity contribution in [3.63, 3.8) is 0 Å². The Bertz CT molecular complexity index is 960. The zero-order chi connectivity index (χ0) is 21.5. The summed E-state index contributed by atoms with van der Waals surface area (Å²) in [5.41, 5.74) is 1.75. The van der Waals surface area contributed by atoms with Crippen LogP contribution in [0.1, 0.15) is 23.7 Å². The van der Waals surface area contributed by atoms with Gasteiger partial charge in [0, 0.05) is 12.5 Å². The smallest absolute Gasteiger partial charge is 0.161 e. The minimum absolute atomic E-state index is 0.0234. The highest BCUT2D eigenvalue weighted by molar-refractivity contribution is 5.56. The van der Waals surface area contributed by atoms with E-state index in [2.05, 4.69) is 0 Å². The summed E-state index contributed by atoms with van der Waals surface area (Å²) in [7, 11) is 3.01. The minimum atomic E-state index is -0.258. The Hall–Kier alpha value is -3.38. The van der Waals surface area contributed by atoms with E-state index in [1.165, 1.54) is 14.2 Å². The fraction of sp³-hybridized carbons (Fsp3) is 0.250. The van der Waals surface area contributed by atoms with Gasteiger partial charge < -0.3 is 29.5 Å². The van der Waals surface area contributed by atoms with Gasteiger partial charge in [-0.15, -0.1) is 0 Å². The Kier molecular flexibility index (Phi) is 7.03. The number of aliphatic hydroxyl groups is 1. The van der Waals surface area contributed by atoms with Crippen LogP contribution < -0.4 is 9.47 Å². The summed E-state index contributed by atoms with van der Waals surface area (Å²) in [5, 5.41) is 29.1. The minimum Gasteiger partial charge on any atom is -0.504 e. The van der Waals surface area contributed by atoms with Gasteiger partial charge in [0.25, 0.3) is 0 Å². The van der Waals surface area contributed by atoms with Crippen molar-refractivity contribution in [2.24, 2.45) is 5.92 Å². The van der Waals surface area contributed by atoms with Gasteiger partial charge in [0.05, 0.1) is 14.2 Å². The Morgan fingerprint density at radius 3 is 2.33 bits per heavy atom. The number of phenols is 2. The lowest BCUT2D eigenvalue weighted by molar-refractivity contribution is 0.0725. The number of methoxy groups -OCH3 is 2. The van der Waals surface area contributed by atoms with Crippen LogP contribution in [0, 0.1) is 5.92 Å². The van der Waals surface area contributed by atoms with Crippen molar-refractivity contribution in [2.45, 2.75) is 12.5 Å². The van der Waals surface area contributed by atoms with Crippen LogP contribution in [-0.4, -0.2) is 36.1 Å². The molecule has 3 N–H and O–H groups in total. The third-order valence-corrected chi connectivity index (χ3v) is 4.87. The van der Waals surface area contributed by atoms with Crippen molar-refractivity contribution in [2.75, 3.05) is 20.8 Å². The second kappa shape index (κ2) is 9.89. The molecule has 2 aromatic rings. The molecule has 3 rings (SSSR count). The molecule has 30 heavy (non-hydrogen) atoms. The molecule has 1 heterocycles. The molecule has 0 saturated heterocycles. The largest absolute Gasteiger partial charge is 0.504 e. The van der Waals surface area contributed by atoms with Gasteiger partial charge >= 0.3 is 0 Å². The Morgan fingerprint density at radius 1 is 0.967 bits per heavy atom. The first kappa shape index (κ1) is 21.3. The molecule has 0 amide bonds. The van der Waals surface area contributed by atoms with E-state index in [1.807, 2.05) is 30.4 Å². The fourth-order valence-electron chi connectivity index (χ4n) is 3.26. The third kappa shape index (κ3) is 5.15. The summed E-state index contributed by atoms with van der Waals surface area (Å²) in [6.45, 7) is 0.0234. The van der Waals surface area contributed by atoms with Gasteiger partial charge in [-0.05, 0) is 54.0 Å². The predicted octanol–water partition coefficient (Wildman–Crippen LogP) is 4.34. The van der Waals surface area contributed by atoms with E-state index in [9.17, 15) is 15.3 Å². The van der Waals surface area contributed by atoms with E-state index in [-0.39, 0.29) is 30.1 Å². The maximum absolute atomic E-state index is 9.81. The van der Waals surface area contributed by atoms with Crippen molar-refractivity contribution in [1.29, 1.82) is 0 Å². The molecule has 158 valence electrons. The summed E-state index contributed by atoms with van der Waals surface area (Å²) >= 11 is 0. The van der Waals surface area contributed by atoms with Crippen molar-refractivity contribution in [3.05, 3.63) is 77.6 Å². The molecule has 2 unspecified atom stereocenters. The summed E-state index contributed by atoms with van der Waals surface area (Å²) in [4.78, 5) is 0. The topological polar surface area (TPSA) is 88.4 Å². The highest BCUT2D eigenvalue weighted by Gasteiger charge is 2.24. The molecule has 0 aliphatic carbocycles. The van der Waals surface area contributed by atoms with Crippen molar-refractivity contribution in [1.82, 2.24) is 0 Å². The number of allylic oxidation sites excluding steroid dienone is 3. The van der Waals surface area contributed by atoms with Gasteiger partial charge in [-0.3, -0.25) is 0 Å². The summed E-state index contributed by atoms with van der Waals surface area (Å²) < 4.78 is 16.4. The van der Waals surface area contributed by atoms with Crippen LogP contribution in [0.3, 0.4) is 0 Å². The lowest BCUT2D eigenvalue weighted by atomic mass is 9.94. The number of ether oxygens (including phenoxy) is 3. The summed E-state index contributed by atoms with van der Waals surface area (Å²) in [6, 6.07) is 10.2. The van der Waals surface area contributed by atoms with Crippen molar-refractivity contribution >= 4 is 6.08 Å². The molecule has 1 aliphatic heterocycles. The van der Waals surface area contributed by atoms with Crippen LogP contribution in [0.5, 0.6) is 23.0 Å². The molecule has 6 nitrogen and oxygen atoms in total. The van der Waals surface area contributed by atoms with E-state index in [1.54, 1.807) is 36.4 Å². The molecule has 0 spiro atoms. The first-order chi connectivity index (χ1) is 14.5. The monoisotopic (exact) mass is 410 g/mol. The van der Waals surface area contributed by atoms with Gasteiger partial charge in [-0.2, -0.15) is 0 Å². The summed E-state index contributed by atoms with van der Waals surface area (Å²) in [5.74, 6) is 1.59. The van der Waals surface area contributed by atoms with Gasteiger partial charge in [0.2, 0.25) is 0 Å². The quantitative estimate of drug-likeness (QED) is 0.589. The first-order valence-corrected chi connectivity index (χ1v) is 9.62. The molecule has 2 aromatic carbocycles. The normalized spacial score (nSPS) is 19.0. The van der Waals surface area contributed by atoms with Crippen LogP contribution in [0.15, 0.2) is 66.5 Å². The molecule has 0 bridgehead atoms. The van der Waals surface area contributed by atoms with E-state index >= 15 is 0 Å². The fourth-order valence-corrected chi connectivity index (χ4v) is 3.26. The standard InChI is InChI=1S/C24H26O6/c1-28-23-12-16(7-9-20(23)26)5-3-4-6-19-11-17(15-25)13-22(30-19)18-8-10-21(27)24(14-18)29-2/h3-12,14,17,22,25-27H,13,15H2,1-2H3/b5-3+,6-4+. The summed E-state index contributed by atoms with van der Waals surface area (Å²) in [6.07, 6.45) is 9.70. The van der Waals surface area contributed by atoms with Crippen LogP contribution >= 0.6 is 0 Å². The van der Waals surface area contributed by atoms with Crippen molar-refractivity contribution < 1.29 is 29.5 Å². The number of benzene rings is 2. The average molecular weight is 410 g/mol. The molecular weight excluding hydrogens is 384 g/mol. The Morgan fingerprint density at radius 2 is 1.63 bits per heavy atom. The predicted molar refractivity (Wildman–Crippen MR) is 115 cm³/mol. The second-order valence-corrected chi connectivity index (χ2v) is 6.93. The first-order valence-electron chi connectivity index (χ1n) is 9.62. The third-order valence-electron chi connectivity index (χ3n) is 4.87. The molecule has 0 radical (unpaired) electrons. The van der Waals surface area contributed by atoms with E-state index in [4.69, 9.17) is 14.2 Å². The van der Waals surface area contributed by atoms with Gasteiger partial charge in [-0.25, -0.2) is 0 Å². The van der Waals surface area contributed by atoms with Gasteiger partial charge in [0.1, 0.15) is 11.9 Å². The van der Waals surface area contributed by atoms with Gasteiger partial charge in [0.15, 0.2) is 23.0 Å². The van der Waals surface area contributed by atoms with Crippen LogP contribution in [0.4, 0.5) is 0 Å². The van der Waals surface area contributed by atoms with Crippen molar-refractivity contribution in [3.8, 4) is 23.0 Å². The second-order valence-electron chi connectivity index (χ2n) is 6.93. The lowest BCUT2D eigenvalue weighted by Gasteiger charge is -2.28. The molecule has 1 aliphatic rings. The number of aromatic hydroxyl groups is 2. The molecule has 0 fully saturated rings. The molecular formula is C24H26O6. The lowest BCUT2D eigenvalue weighted by Crippen LogP contribution is -2.17. The highest BCUT2D eigenvalue weighted by Crippen LogP contribution is 2.37. The number of rotatable bonds is 7. The maximum atomic E-state index is 9.81. The zero-order valence-electron chi connectivity index (χ0n) is 17.0. The molecule has 6 heteroatoms. The Labute approximate surface area is 176 Å². The van der Waals surface area contributed by atoms with Crippen LogP contribution in [0.25, 0.3) is 6.08 Å². The molecule has 0 aromatic heterocycles. The average Bonchev–Trinajstić information content (AvgIpc) is 2.77. The number of aliphatic hydroxyl groups excluding tert-OH is 1. The van der Waals surface area contributed by atoms with Crippen LogP contribution in [0.2, 0.25) is 0 Å². The number of hydrogen-bond acceptors (Lipinski definition) is 6. The molecule has 0 saturated carbocycles. The SMILES string of the molecule is COc1cc(/C=C/C=C/C2=CC(CO)CC(c3ccc(O)c(OC)c3)O2)ccc1O. The molecule has 2 atom stereocenters. The number of phenolic OH excluding ortho intramolecular Hbond substituents is 2.